The molecule has 3 aromatic rings. The van der Waals surface area contributed by atoms with Crippen LogP contribution in [0.4, 0.5) is 13.2 Å². The molecule has 0 saturated heterocycles. The summed E-state index contributed by atoms with van der Waals surface area (Å²) in [5.74, 6) is -0.175. The van der Waals surface area contributed by atoms with E-state index in [9.17, 15) is 18.0 Å². The maximum absolute atomic E-state index is 12.6. The Labute approximate surface area is 145 Å². The zero-order valence-corrected chi connectivity index (χ0v) is 14.0. The number of alkyl halides is 3. The zero-order valence-electron chi connectivity index (χ0n) is 13.2. The van der Waals surface area contributed by atoms with Crippen LogP contribution in [0.2, 0.25) is 0 Å². The first kappa shape index (κ1) is 16.3. The molecule has 0 radical (unpaired) electrons. The summed E-state index contributed by atoms with van der Waals surface area (Å²) in [4.78, 5) is 15.2. The third kappa shape index (κ3) is 3.20. The van der Waals surface area contributed by atoms with Crippen LogP contribution in [0, 0.1) is 0 Å². The smallest absolute Gasteiger partial charge is 0.427 e. The summed E-state index contributed by atoms with van der Waals surface area (Å²) in [5, 5.41) is 1.11. The van der Waals surface area contributed by atoms with Crippen molar-refractivity contribution in [1.29, 1.82) is 0 Å². The van der Waals surface area contributed by atoms with Crippen LogP contribution in [0.15, 0.2) is 29.0 Å². The molecular weight excluding hydrogens is 351 g/mol. The molecule has 25 heavy (non-hydrogen) atoms. The van der Waals surface area contributed by atoms with Gasteiger partial charge in [-0.2, -0.15) is 13.2 Å². The second-order valence-corrected chi connectivity index (χ2v) is 7.36. The number of fused-ring (bicyclic) bond motifs is 2. The van der Waals surface area contributed by atoms with Crippen LogP contribution in [0.25, 0.3) is 11.0 Å². The zero-order chi connectivity index (χ0) is 17.6. The van der Waals surface area contributed by atoms with Crippen molar-refractivity contribution in [3.05, 3.63) is 51.2 Å². The molecule has 130 valence electrons. The molecular formula is C18H14F3NO2S. The number of hydrogen-bond acceptors (Lipinski definition) is 4. The number of carbonyl (C=O) groups excluding carboxylic acids is 1. The minimum Gasteiger partial charge on any atom is -0.464 e. The molecule has 1 aliphatic carbocycles. The molecule has 1 aliphatic rings. The highest BCUT2D eigenvalue weighted by atomic mass is 32.1. The summed E-state index contributed by atoms with van der Waals surface area (Å²) < 4.78 is 43.4. The van der Waals surface area contributed by atoms with Crippen molar-refractivity contribution >= 4 is 28.1 Å². The van der Waals surface area contributed by atoms with E-state index in [0.29, 0.717) is 11.3 Å². The molecule has 0 fully saturated rings. The molecule has 1 aromatic carbocycles. The normalized spacial score (nSPS) is 14.2. The van der Waals surface area contributed by atoms with Gasteiger partial charge in [0.2, 0.25) is 0 Å². The lowest BCUT2D eigenvalue weighted by atomic mass is 10.0. The first-order chi connectivity index (χ1) is 11.9. The number of aromatic nitrogens is 1. The van der Waals surface area contributed by atoms with Gasteiger partial charge in [0.15, 0.2) is 0 Å². The maximum Gasteiger partial charge on any atom is 0.427 e. The fraction of sp³-hybridized carbons (Fsp3) is 0.333. The van der Waals surface area contributed by atoms with Gasteiger partial charge in [0.05, 0.1) is 18.9 Å². The number of nitrogens with zero attached hydrogens (tertiary/aromatic N) is 1. The molecule has 0 spiro atoms. The van der Waals surface area contributed by atoms with Gasteiger partial charge < -0.3 is 4.42 Å². The van der Waals surface area contributed by atoms with E-state index in [1.54, 1.807) is 6.26 Å². The second kappa shape index (κ2) is 5.98. The van der Waals surface area contributed by atoms with Gasteiger partial charge in [0.25, 0.3) is 0 Å². The fourth-order valence-electron chi connectivity index (χ4n) is 3.25. The number of benzene rings is 1. The van der Waals surface area contributed by atoms with Crippen LogP contribution in [0.3, 0.4) is 0 Å². The third-order valence-corrected chi connectivity index (χ3v) is 5.48. The van der Waals surface area contributed by atoms with Gasteiger partial charge in [-0.3, -0.25) is 4.79 Å². The van der Waals surface area contributed by atoms with Crippen LogP contribution in [0.1, 0.15) is 33.0 Å². The van der Waals surface area contributed by atoms with E-state index in [4.69, 9.17) is 4.42 Å². The van der Waals surface area contributed by atoms with E-state index in [1.165, 1.54) is 11.1 Å². The van der Waals surface area contributed by atoms with E-state index in [2.05, 4.69) is 11.1 Å². The predicted octanol–water partition coefficient (Wildman–Crippen LogP) is 4.75. The van der Waals surface area contributed by atoms with Gasteiger partial charge in [-0.25, -0.2) is 4.98 Å². The molecule has 2 heterocycles. The number of rotatable bonds is 4. The molecule has 3 nitrogen and oxygen atoms in total. The number of ketones is 1. The van der Waals surface area contributed by atoms with Crippen molar-refractivity contribution in [2.75, 3.05) is 0 Å². The Morgan fingerprint density at radius 3 is 2.68 bits per heavy atom. The Balaban J connectivity index is 1.51. The Morgan fingerprint density at radius 1 is 1.20 bits per heavy atom. The fourth-order valence-corrected chi connectivity index (χ4v) is 4.07. The summed E-state index contributed by atoms with van der Waals surface area (Å²) in [6.07, 6.45) is 1.17. The number of furan rings is 1. The van der Waals surface area contributed by atoms with E-state index in [-0.39, 0.29) is 23.6 Å². The third-order valence-electron chi connectivity index (χ3n) is 4.44. The Morgan fingerprint density at radius 2 is 1.96 bits per heavy atom. The van der Waals surface area contributed by atoms with Crippen molar-refractivity contribution < 1.29 is 22.4 Å². The predicted molar refractivity (Wildman–Crippen MR) is 87.8 cm³/mol. The molecule has 0 amide bonds. The summed E-state index contributed by atoms with van der Waals surface area (Å²) in [5.41, 5.74) is 4.12. The summed E-state index contributed by atoms with van der Waals surface area (Å²) in [6.45, 7) is 0. The second-order valence-electron chi connectivity index (χ2n) is 6.24. The van der Waals surface area contributed by atoms with Crippen LogP contribution in [0.5, 0.6) is 0 Å². The highest BCUT2D eigenvalue weighted by molar-refractivity contribution is 7.11. The van der Waals surface area contributed by atoms with E-state index in [1.807, 2.05) is 6.07 Å². The Kier molecular flexibility index (Phi) is 3.91. The summed E-state index contributed by atoms with van der Waals surface area (Å²) >= 11 is 0.520. The Hall–Kier alpha value is -2.15. The van der Waals surface area contributed by atoms with Crippen molar-refractivity contribution in [2.24, 2.45) is 0 Å². The quantitative estimate of drug-likeness (QED) is 0.670. The number of halogens is 3. The summed E-state index contributed by atoms with van der Waals surface area (Å²) in [7, 11) is 0. The van der Waals surface area contributed by atoms with Gasteiger partial charge in [-0.15, -0.1) is 11.3 Å². The van der Waals surface area contributed by atoms with Crippen LogP contribution in [-0.2, 0) is 36.7 Å². The molecule has 2 aromatic heterocycles. The van der Waals surface area contributed by atoms with Gasteiger partial charge in [-0.05, 0) is 42.5 Å². The standard InChI is InChI=1S/C18H14F3NO2S/c19-18(20,21)16-8-22-17(25-16)7-13(23)4-12-9-24-15-6-11-3-1-2-10(11)5-14(12)15/h5-6,8-9H,1-4,7H2. The molecule has 4 rings (SSSR count). The van der Waals surface area contributed by atoms with Gasteiger partial charge >= 0.3 is 6.18 Å². The lowest BCUT2D eigenvalue weighted by Gasteiger charge is -2.01. The van der Waals surface area contributed by atoms with E-state index in [0.717, 1.165) is 42.0 Å². The molecule has 7 heteroatoms. The monoisotopic (exact) mass is 365 g/mol. The minimum atomic E-state index is -4.42. The summed E-state index contributed by atoms with van der Waals surface area (Å²) in [6, 6.07) is 4.11. The number of Topliss-reactive ketones (excluding diaryl/α,β-unsaturated/α-hetero) is 1. The van der Waals surface area contributed by atoms with Crippen molar-refractivity contribution in [1.82, 2.24) is 4.98 Å². The molecule has 0 unspecified atom stereocenters. The SMILES string of the molecule is O=C(Cc1ncc(C(F)(F)F)s1)Cc1coc2cc3c(cc12)CCC3. The van der Waals surface area contributed by atoms with Crippen molar-refractivity contribution in [3.63, 3.8) is 0 Å². The first-order valence-corrected chi connectivity index (χ1v) is 8.77. The van der Waals surface area contributed by atoms with E-state index < -0.39 is 11.1 Å². The number of aryl methyl sites for hydroxylation is 2. The number of carbonyl (C=O) groups is 1. The first-order valence-electron chi connectivity index (χ1n) is 7.95. The largest absolute Gasteiger partial charge is 0.464 e. The molecule has 0 saturated carbocycles. The average molecular weight is 365 g/mol. The van der Waals surface area contributed by atoms with Crippen molar-refractivity contribution in [2.45, 2.75) is 38.3 Å². The molecule has 0 aliphatic heterocycles. The van der Waals surface area contributed by atoms with E-state index >= 15 is 0 Å². The minimum absolute atomic E-state index is 0.0988. The van der Waals surface area contributed by atoms with Crippen LogP contribution in [-0.4, -0.2) is 10.8 Å². The van der Waals surface area contributed by atoms with Crippen molar-refractivity contribution in [3.8, 4) is 0 Å². The maximum atomic E-state index is 12.6. The topological polar surface area (TPSA) is 43.1 Å². The van der Waals surface area contributed by atoms with Gasteiger partial charge in [-0.1, -0.05) is 0 Å². The lowest BCUT2D eigenvalue weighted by molar-refractivity contribution is -0.134. The van der Waals surface area contributed by atoms with Gasteiger partial charge in [0.1, 0.15) is 21.3 Å². The molecule has 0 atom stereocenters. The van der Waals surface area contributed by atoms with Crippen LogP contribution < -0.4 is 0 Å². The Bertz CT molecular complexity index is 955. The van der Waals surface area contributed by atoms with Gasteiger partial charge in [0, 0.05) is 17.4 Å². The molecule has 0 N–H and O–H groups in total. The molecule has 0 bridgehead atoms. The highest BCUT2D eigenvalue weighted by Gasteiger charge is 2.33. The number of thiazole rings is 1. The number of hydrogen-bond donors (Lipinski definition) is 0. The highest BCUT2D eigenvalue weighted by Crippen LogP contribution is 2.34. The average Bonchev–Trinajstić information content (AvgIpc) is 3.24. The van der Waals surface area contributed by atoms with Crippen LogP contribution >= 0.6 is 11.3 Å². The lowest BCUT2D eigenvalue weighted by Crippen LogP contribution is -2.06.